The van der Waals surface area contributed by atoms with Crippen LogP contribution in [0.1, 0.15) is 51.4 Å². The lowest BCUT2D eigenvalue weighted by Gasteiger charge is -2.28. The fraction of sp³-hybridized carbons (Fsp3) is 0.267. The highest BCUT2D eigenvalue weighted by atomic mass is 32.1. The number of nitrogens with one attached hydrogen (secondary N) is 1. The lowest BCUT2D eigenvalue weighted by atomic mass is 9.96. The van der Waals surface area contributed by atoms with E-state index in [1.807, 2.05) is 36.5 Å². The van der Waals surface area contributed by atoms with Gasteiger partial charge in [-0.15, -0.1) is 0 Å². The second kappa shape index (κ2) is 9.43. The predicted molar refractivity (Wildman–Crippen MR) is 150 cm³/mol. The van der Waals surface area contributed by atoms with Crippen LogP contribution in [0.3, 0.4) is 0 Å². The molecule has 2 atom stereocenters. The Morgan fingerprint density at radius 3 is 2.33 bits per heavy atom. The second-order valence-corrected chi connectivity index (χ2v) is 9.99. The molecule has 0 amide bonds. The minimum atomic E-state index is -0.0981. The quantitative estimate of drug-likeness (QED) is 0.315. The van der Waals surface area contributed by atoms with Crippen molar-refractivity contribution in [1.82, 2.24) is 14.9 Å². The lowest BCUT2D eigenvalue weighted by molar-refractivity contribution is 0.415. The molecule has 4 aromatic rings. The minimum absolute atomic E-state index is 0.0782. The summed E-state index contributed by atoms with van der Waals surface area (Å²) in [4.78, 5) is 6.91. The third kappa shape index (κ3) is 4.05. The van der Waals surface area contributed by atoms with Crippen molar-refractivity contribution in [2.45, 2.75) is 46.7 Å². The van der Waals surface area contributed by atoms with Crippen molar-refractivity contribution in [3.63, 3.8) is 0 Å². The van der Waals surface area contributed by atoms with Gasteiger partial charge in [-0.25, -0.2) is 0 Å². The number of benzene rings is 2. The molecular weight excluding hydrogens is 464 g/mol. The van der Waals surface area contributed by atoms with Gasteiger partial charge in [0.1, 0.15) is 5.75 Å². The lowest BCUT2D eigenvalue weighted by Crippen LogP contribution is -2.29. The van der Waals surface area contributed by atoms with E-state index in [4.69, 9.17) is 21.9 Å². The smallest absolute Gasteiger partial charge is 0.174 e. The Labute approximate surface area is 218 Å². The van der Waals surface area contributed by atoms with Crippen LogP contribution in [-0.4, -0.2) is 21.8 Å². The summed E-state index contributed by atoms with van der Waals surface area (Å²) in [5.74, 6) is 0.798. The third-order valence-corrected chi connectivity index (χ3v) is 7.39. The van der Waals surface area contributed by atoms with Crippen LogP contribution >= 0.6 is 12.2 Å². The monoisotopic (exact) mass is 496 g/mol. The summed E-state index contributed by atoms with van der Waals surface area (Å²) in [6.45, 7) is 10.9. The Morgan fingerprint density at radius 2 is 1.67 bits per heavy atom. The molecule has 3 heterocycles. The molecule has 1 fully saturated rings. The molecule has 1 N–H and O–H groups in total. The van der Waals surface area contributed by atoms with Crippen LogP contribution in [0.25, 0.3) is 5.69 Å². The van der Waals surface area contributed by atoms with Gasteiger partial charge in [0.05, 0.1) is 30.6 Å². The average Bonchev–Trinajstić information content (AvgIpc) is 3.35. The molecule has 0 unspecified atom stereocenters. The maximum absolute atomic E-state index is 5.93. The van der Waals surface area contributed by atoms with Crippen LogP contribution < -0.4 is 15.0 Å². The van der Waals surface area contributed by atoms with Crippen LogP contribution in [0.5, 0.6) is 5.75 Å². The number of aromatic nitrogens is 2. The van der Waals surface area contributed by atoms with Crippen LogP contribution in [0.2, 0.25) is 0 Å². The number of hydrogen-bond donors (Lipinski definition) is 1. The van der Waals surface area contributed by atoms with E-state index in [1.165, 1.54) is 39.3 Å². The standard InChI is InChI=1S/C30H32N4OS/c1-18-14-19(2)28(20(3)15-18)33-21(4)16-25(22(33)5)29-27(26-12-7-8-13-31-26)32-30(36)34(29)23-10-9-11-24(17-23)35-6/h7-17,27,29H,1-6H3,(H,32,36)/t27-,29+/m0/s1. The van der Waals surface area contributed by atoms with Crippen molar-refractivity contribution in [2.24, 2.45) is 0 Å². The summed E-state index contributed by atoms with van der Waals surface area (Å²) in [7, 11) is 1.69. The largest absolute Gasteiger partial charge is 0.497 e. The molecule has 5 nitrogen and oxygen atoms in total. The Kier molecular flexibility index (Phi) is 6.31. The fourth-order valence-electron chi connectivity index (χ4n) is 5.67. The predicted octanol–water partition coefficient (Wildman–Crippen LogP) is 6.60. The molecule has 184 valence electrons. The number of pyridine rings is 1. The number of nitrogens with zero attached hydrogens (tertiary/aromatic N) is 3. The highest BCUT2D eigenvalue weighted by Gasteiger charge is 2.42. The van der Waals surface area contributed by atoms with Gasteiger partial charge in [0.2, 0.25) is 0 Å². The van der Waals surface area contributed by atoms with Crippen molar-refractivity contribution < 1.29 is 4.74 Å². The van der Waals surface area contributed by atoms with Crippen molar-refractivity contribution >= 4 is 23.0 Å². The summed E-state index contributed by atoms with van der Waals surface area (Å²) >= 11 is 5.93. The molecule has 2 aromatic carbocycles. The summed E-state index contributed by atoms with van der Waals surface area (Å²) < 4.78 is 7.92. The Hall–Kier alpha value is -3.64. The van der Waals surface area contributed by atoms with E-state index in [0.717, 1.165) is 17.1 Å². The maximum atomic E-state index is 5.93. The van der Waals surface area contributed by atoms with Gasteiger partial charge < -0.3 is 19.5 Å². The molecule has 6 heteroatoms. The van der Waals surface area contributed by atoms with E-state index in [9.17, 15) is 0 Å². The SMILES string of the molecule is COc1cccc(N2C(=S)N[C@@H](c3ccccn3)[C@H]2c2cc(C)n(-c3c(C)cc(C)cc3C)c2C)c1. The van der Waals surface area contributed by atoms with Gasteiger partial charge in [-0.3, -0.25) is 4.98 Å². The molecule has 0 bridgehead atoms. The number of aryl methyl sites for hydroxylation is 4. The van der Waals surface area contributed by atoms with Gasteiger partial charge in [-0.1, -0.05) is 29.8 Å². The molecule has 1 aliphatic rings. The highest BCUT2D eigenvalue weighted by Crippen LogP contribution is 2.44. The topological polar surface area (TPSA) is 42.3 Å². The van der Waals surface area contributed by atoms with E-state index in [1.54, 1.807) is 7.11 Å². The molecule has 0 saturated carbocycles. The van der Waals surface area contributed by atoms with Crippen LogP contribution in [0.15, 0.2) is 66.9 Å². The molecule has 0 radical (unpaired) electrons. The summed E-state index contributed by atoms with van der Waals surface area (Å²) in [5, 5.41) is 4.25. The van der Waals surface area contributed by atoms with Crippen LogP contribution in [-0.2, 0) is 0 Å². The third-order valence-electron chi connectivity index (χ3n) is 7.08. The molecule has 36 heavy (non-hydrogen) atoms. The Balaban J connectivity index is 1.71. The van der Waals surface area contributed by atoms with Crippen molar-refractivity contribution in [2.75, 3.05) is 12.0 Å². The fourth-order valence-corrected chi connectivity index (χ4v) is 6.01. The van der Waals surface area contributed by atoms with Crippen molar-refractivity contribution in [3.05, 3.63) is 106 Å². The number of anilines is 1. The van der Waals surface area contributed by atoms with Gasteiger partial charge in [0.25, 0.3) is 0 Å². The number of methoxy groups -OCH3 is 1. The Morgan fingerprint density at radius 1 is 0.917 bits per heavy atom. The number of thiocarbonyl (C=S) groups is 1. The normalized spacial score (nSPS) is 17.4. The van der Waals surface area contributed by atoms with E-state index in [0.29, 0.717) is 5.11 Å². The molecule has 5 rings (SSSR count). The molecule has 0 spiro atoms. The zero-order valence-electron chi connectivity index (χ0n) is 21.7. The zero-order valence-corrected chi connectivity index (χ0v) is 22.5. The van der Waals surface area contributed by atoms with Crippen LogP contribution in [0, 0.1) is 34.6 Å². The van der Waals surface area contributed by atoms with E-state index in [-0.39, 0.29) is 12.1 Å². The van der Waals surface area contributed by atoms with Gasteiger partial charge in [0.15, 0.2) is 5.11 Å². The molecule has 0 aliphatic carbocycles. The molecule has 2 aromatic heterocycles. The average molecular weight is 497 g/mol. The first kappa shape index (κ1) is 24.1. The van der Waals surface area contributed by atoms with Gasteiger partial charge >= 0.3 is 0 Å². The number of rotatable bonds is 5. The maximum Gasteiger partial charge on any atom is 0.174 e. The van der Waals surface area contributed by atoms with Crippen molar-refractivity contribution in [3.8, 4) is 11.4 Å². The minimum Gasteiger partial charge on any atom is -0.497 e. The second-order valence-electron chi connectivity index (χ2n) is 9.61. The first-order valence-electron chi connectivity index (χ1n) is 12.2. The first-order chi connectivity index (χ1) is 17.3. The van der Waals surface area contributed by atoms with Crippen LogP contribution in [0.4, 0.5) is 5.69 Å². The van der Waals surface area contributed by atoms with Gasteiger partial charge in [0, 0.05) is 29.3 Å². The van der Waals surface area contributed by atoms with Gasteiger partial charge in [-0.05, 0) is 93.9 Å². The number of ether oxygens (including phenoxy) is 1. The highest BCUT2D eigenvalue weighted by molar-refractivity contribution is 7.80. The van der Waals surface area contributed by atoms with E-state index in [2.05, 4.69) is 79.7 Å². The summed E-state index contributed by atoms with van der Waals surface area (Å²) in [6, 6.07) is 20.8. The number of hydrogen-bond acceptors (Lipinski definition) is 3. The van der Waals surface area contributed by atoms with E-state index < -0.39 is 0 Å². The zero-order chi connectivity index (χ0) is 25.6. The molecule has 1 saturated heterocycles. The van der Waals surface area contributed by atoms with E-state index >= 15 is 0 Å². The molecule has 1 aliphatic heterocycles. The summed E-state index contributed by atoms with van der Waals surface area (Å²) in [6.07, 6.45) is 1.84. The van der Waals surface area contributed by atoms with Crippen molar-refractivity contribution in [1.29, 1.82) is 0 Å². The van der Waals surface area contributed by atoms with Gasteiger partial charge in [-0.2, -0.15) is 0 Å². The Bertz CT molecular complexity index is 1420. The first-order valence-corrected chi connectivity index (χ1v) is 12.6. The molecular formula is C30H32N4OS. The summed E-state index contributed by atoms with van der Waals surface area (Å²) in [5.41, 5.74) is 10.6.